The molecule has 1 aromatic heterocycles. The number of aromatic nitrogens is 1. The van der Waals surface area contributed by atoms with E-state index in [9.17, 15) is 18.0 Å². The second-order valence-corrected chi connectivity index (χ2v) is 3.09. The summed E-state index contributed by atoms with van der Waals surface area (Å²) in [6, 6.07) is 0.915. The van der Waals surface area contributed by atoms with Gasteiger partial charge in [0.25, 0.3) is 0 Å². The molecule has 1 heterocycles. The average molecular weight is 219 g/mol. The van der Waals surface area contributed by atoms with Crippen molar-refractivity contribution >= 4 is 5.97 Å². The standard InChI is InChI=1S/C9H8F3NO2/c1-4-3-6(8(14)15)13-5(2)7(4)9(10,11)12/h3H,1-2H3,(H,14,15). The minimum atomic E-state index is -4.50. The van der Waals surface area contributed by atoms with Crippen molar-refractivity contribution in [2.45, 2.75) is 20.0 Å². The Labute approximate surface area is 83.6 Å². The number of halogens is 3. The molecule has 1 rings (SSSR count). The Morgan fingerprint density at radius 3 is 2.27 bits per heavy atom. The molecule has 0 saturated heterocycles. The van der Waals surface area contributed by atoms with Gasteiger partial charge in [-0.2, -0.15) is 13.2 Å². The summed E-state index contributed by atoms with van der Waals surface area (Å²) in [7, 11) is 0. The molecule has 0 aliphatic carbocycles. The van der Waals surface area contributed by atoms with Gasteiger partial charge in [-0.05, 0) is 25.5 Å². The Balaban J connectivity index is 3.41. The van der Waals surface area contributed by atoms with Gasteiger partial charge in [-0.1, -0.05) is 0 Å². The topological polar surface area (TPSA) is 50.2 Å². The first-order valence-electron chi connectivity index (χ1n) is 4.02. The van der Waals surface area contributed by atoms with Gasteiger partial charge in [0.05, 0.1) is 11.3 Å². The quantitative estimate of drug-likeness (QED) is 0.789. The number of hydrogen-bond donors (Lipinski definition) is 1. The second kappa shape index (κ2) is 3.52. The van der Waals surface area contributed by atoms with Crippen LogP contribution in [0.3, 0.4) is 0 Å². The first-order chi connectivity index (χ1) is 6.73. The van der Waals surface area contributed by atoms with Gasteiger partial charge in [0.2, 0.25) is 0 Å². The molecule has 15 heavy (non-hydrogen) atoms. The lowest BCUT2D eigenvalue weighted by molar-refractivity contribution is -0.138. The Hall–Kier alpha value is -1.59. The lowest BCUT2D eigenvalue weighted by atomic mass is 10.1. The third-order valence-corrected chi connectivity index (χ3v) is 1.90. The van der Waals surface area contributed by atoms with E-state index in [1.54, 1.807) is 0 Å². The van der Waals surface area contributed by atoms with Crippen molar-refractivity contribution < 1.29 is 23.1 Å². The van der Waals surface area contributed by atoms with Crippen LogP contribution in [-0.2, 0) is 6.18 Å². The minimum Gasteiger partial charge on any atom is -0.477 e. The Bertz CT molecular complexity index is 389. The van der Waals surface area contributed by atoms with Crippen LogP contribution in [0.4, 0.5) is 13.2 Å². The van der Waals surface area contributed by atoms with Gasteiger partial charge in [-0.15, -0.1) is 0 Å². The zero-order chi connectivity index (χ0) is 11.8. The van der Waals surface area contributed by atoms with Gasteiger partial charge in [-0.25, -0.2) is 9.78 Å². The van der Waals surface area contributed by atoms with Gasteiger partial charge in [-0.3, -0.25) is 0 Å². The molecule has 0 saturated carbocycles. The number of alkyl halides is 3. The number of aromatic carboxylic acids is 1. The summed E-state index contributed by atoms with van der Waals surface area (Å²) in [5.74, 6) is -1.34. The number of carboxylic acid groups (broad SMARTS) is 1. The third kappa shape index (κ3) is 2.26. The van der Waals surface area contributed by atoms with Crippen molar-refractivity contribution in [3.63, 3.8) is 0 Å². The predicted molar refractivity (Wildman–Crippen MR) is 45.7 cm³/mol. The highest BCUT2D eigenvalue weighted by Gasteiger charge is 2.35. The van der Waals surface area contributed by atoms with Crippen LogP contribution in [0.2, 0.25) is 0 Å². The van der Waals surface area contributed by atoms with Gasteiger partial charge in [0.1, 0.15) is 5.69 Å². The maximum absolute atomic E-state index is 12.5. The van der Waals surface area contributed by atoms with E-state index in [0.29, 0.717) is 0 Å². The highest BCUT2D eigenvalue weighted by molar-refractivity contribution is 5.85. The predicted octanol–water partition coefficient (Wildman–Crippen LogP) is 2.42. The summed E-state index contributed by atoms with van der Waals surface area (Å²) >= 11 is 0. The van der Waals surface area contributed by atoms with E-state index < -0.39 is 17.7 Å². The van der Waals surface area contributed by atoms with Crippen LogP contribution in [0.1, 0.15) is 27.3 Å². The van der Waals surface area contributed by atoms with E-state index in [1.807, 2.05) is 0 Å². The Morgan fingerprint density at radius 1 is 1.40 bits per heavy atom. The SMILES string of the molecule is Cc1cc(C(=O)O)nc(C)c1C(F)(F)F. The molecule has 0 atom stereocenters. The fourth-order valence-corrected chi connectivity index (χ4v) is 1.37. The highest BCUT2D eigenvalue weighted by Crippen LogP contribution is 2.33. The van der Waals surface area contributed by atoms with Crippen molar-refractivity contribution in [2.24, 2.45) is 0 Å². The fourth-order valence-electron chi connectivity index (χ4n) is 1.37. The van der Waals surface area contributed by atoms with Crippen molar-refractivity contribution in [3.05, 3.63) is 28.6 Å². The third-order valence-electron chi connectivity index (χ3n) is 1.90. The van der Waals surface area contributed by atoms with Crippen LogP contribution >= 0.6 is 0 Å². The van der Waals surface area contributed by atoms with Crippen LogP contribution in [0.25, 0.3) is 0 Å². The van der Waals surface area contributed by atoms with E-state index in [0.717, 1.165) is 13.0 Å². The largest absolute Gasteiger partial charge is 0.477 e. The fraction of sp³-hybridized carbons (Fsp3) is 0.333. The monoisotopic (exact) mass is 219 g/mol. The van der Waals surface area contributed by atoms with Gasteiger partial charge >= 0.3 is 12.1 Å². The van der Waals surface area contributed by atoms with E-state index in [-0.39, 0.29) is 17.0 Å². The lowest BCUT2D eigenvalue weighted by Gasteiger charge is -2.13. The van der Waals surface area contributed by atoms with Gasteiger partial charge in [0, 0.05) is 0 Å². The zero-order valence-corrected chi connectivity index (χ0v) is 8.01. The molecule has 0 aromatic carbocycles. The number of aryl methyl sites for hydroxylation is 2. The van der Waals surface area contributed by atoms with Gasteiger partial charge in [0.15, 0.2) is 0 Å². The molecule has 0 amide bonds. The van der Waals surface area contributed by atoms with E-state index in [1.165, 1.54) is 6.92 Å². The maximum Gasteiger partial charge on any atom is 0.418 e. The number of nitrogens with zero attached hydrogens (tertiary/aromatic N) is 1. The Kier molecular flexibility index (Phi) is 2.70. The molecular weight excluding hydrogens is 211 g/mol. The smallest absolute Gasteiger partial charge is 0.418 e. The molecule has 0 fully saturated rings. The van der Waals surface area contributed by atoms with Crippen LogP contribution in [0, 0.1) is 13.8 Å². The molecule has 0 aliphatic rings. The van der Waals surface area contributed by atoms with E-state index in [4.69, 9.17) is 5.11 Å². The van der Waals surface area contributed by atoms with Crippen LogP contribution in [0.5, 0.6) is 0 Å². The number of pyridine rings is 1. The summed E-state index contributed by atoms with van der Waals surface area (Å²) in [5, 5.41) is 8.58. The number of hydrogen-bond acceptors (Lipinski definition) is 2. The van der Waals surface area contributed by atoms with Crippen LogP contribution < -0.4 is 0 Å². The van der Waals surface area contributed by atoms with E-state index in [2.05, 4.69) is 4.98 Å². The molecule has 6 heteroatoms. The minimum absolute atomic E-state index is 0.132. The van der Waals surface area contributed by atoms with Crippen molar-refractivity contribution in [1.82, 2.24) is 4.98 Å². The van der Waals surface area contributed by atoms with Crippen molar-refractivity contribution in [1.29, 1.82) is 0 Å². The molecule has 1 aromatic rings. The average Bonchev–Trinajstić information content (AvgIpc) is 1.99. The number of carbonyl (C=O) groups is 1. The molecular formula is C9H8F3NO2. The van der Waals surface area contributed by atoms with Gasteiger partial charge < -0.3 is 5.11 Å². The molecule has 1 N–H and O–H groups in total. The highest BCUT2D eigenvalue weighted by atomic mass is 19.4. The van der Waals surface area contributed by atoms with Crippen molar-refractivity contribution in [3.8, 4) is 0 Å². The summed E-state index contributed by atoms with van der Waals surface area (Å²) < 4.78 is 37.4. The summed E-state index contributed by atoms with van der Waals surface area (Å²) in [6.45, 7) is 2.35. The van der Waals surface area contributed by atoms with E-state index >= 15 is 0 Å². The number of rotatable bonds is 1. The molecule has 82 valence electrons. The number of carboxylic acids is 1. The molecule has 0 aliphatic heterocycles. The molecule has 0 spiro atoms. The second-order valence-electron chi connectivity index (χ2n) is 3.09. The molecule has 3 nitrogen and oxygen atoms in total. The zero-order valence-electron chi connectivity index (χ0n) is 8.01. The summed E-state index contributed by atoms with van der Waals surface area (Å²) in [5.41, 5.74) is -1.70. The molecule has 0 bridgehead atoms. The Morgan fingerprint density at radius 2 is 1.93 bits per heavy atom. The maximum atomic E-state index is 12.5. The normalized spacial score (nSPS) is 11.5. The summed E-state index contributed by atoms with van der Waals surface area (Å²) in [4.78, 5) is 13.9. The van der Waals surface area contributed by atoms with Crippen LogP contribution in [0.15, 0.2) is 6.07 Å². The summed E-state index contributed by atoms with van der Waals surface area (Å²) in [6.07, 6.45) is -4.50. The first-order valence-corrected chi connectivity index (χ1v) is 4.02. The first kappa shape index (κ1) is 11.5. The molecule has 0 radical (unpaired) electrons. The molecule has 0 unspecified atom stereocenters. The van der Waals surface area contributed by atoms with Crippen molar-refractivity contribution in [2.75, 3.05) is 0 Å². The van der Waals surface area contributed by atoms with Crippen LogP contribution in [-0.4, -0.2) is 16.1 Å². The lowest BCUT2D eigenvalue weighted by Crippen LogP contribution is -2.14.